The van der Waals surface area contributed by atoms with Gasteiger partial charge in [0.2, 0.25) is 15.9 Å². The van der Waals surface area contributed by atoms with Crippen molar-refractivity contribution < 1.29 is 22.8 Å². The highest BCUT2D eigenvalue weighted by atomic mass is 32.2. The standard InChI is InChI=1S/C22H24N4O5S/c1-24-11-13-25(14-12-24)32(30,31)17-6-4-5-16(15-17)23-20(27)9-10-26-21(28)18-7-2-3-8-19(18)22(26)29/h2-8,15H,9-14H2,1H3,(H,23,27). The van der Waals surface area contributed by atoms with E-state index in [2.05, 4.69) is 10.2 Å². The Morgan fingerprint density at radius 1 is 0.938 bits per heavy atom. The Morgan fingerprint density at radius 2 is 1.56 bits per heavy atom. The minimum atomic E-state index is -3.66. The third kappa shape index (κ3) is 4.29. The monoisotopic (exact) mass is 456 g/mol. The first-order chi connectivity index (χ1) is 15.3. The van der Waals surface area contributed by atoms with Crippen molar-refractivity contribution in [1.29, 1.82) is 0 Å². The third-order valence-electron chi connectivity index (χ3n) is 5.66. The summed E-state index contributed by atoms with van der Waals surface area (Å²) in [6.45, 7) is 2.09. The number of anilines is 1. The number of piperazine rings is 1. The highest BCUT2D eigenvalue weighted by Crippen LogP contribution is 2.23. The maximum atomic E-state index is 12.9. The minimum absolute atomic E-state index is 0.0581. The Balaban J connectivity index is 1.38. The lowest BCUT2D eigenvalue weighted by Crippen LogP contribution is -2.47. The molecule has 4 rings (SSSR count). The van der Waals surface area contributed by atoms with E-state index in [1.54, 1.807) is 36.4 Å². The van der Waals surface area contributed by atoms with Crippen molar-refractivity contribution in [3.05, 3.63) is 59.7 Å². The molecule has 0 atom stereocenters. The van der Waals surface area contributed by atoms with Crippen LogP contribution >= 0.6 is 0 Å². The normalized spacial score (nSPS) is 17.5. The van der Waals surface area contributed by atoms with Crippen molar-refractivity contribution in [2.75, 3.05) is 45.1 Å². The molecule has 0 spiro atoms. The fraction of sp³-hybridized carbons (Fsp3) is 0.318. The van der Waals surface area contributed by atoms with Crippen LogP contribution in [0, 0.1) is 0 Å². The Morgan fingerprint density at radius 3 is 2.19 bits per heavy atom. The van der Waals surface area contributed by atoms with Gasteiger partial charge in [-0.3, -0.25) is 19.3 Å². The summed E-state index contributed by atoms with van der Waals surface area (Å²) in [6, 6.07) is 12.6. The number of likely N-dealkylation sites (N-methyl/N-ethyl adjacent to an activating group) is 1. The number of carbonyl (C=O) groups is 3. The number of hydrogen-bond acceptors (Lipinski definition) is 6. The van der Waals surface area contributed by atoms with Crippen LogP contribution in [0.4, 0.5) is 5.69 Å². The smallest absolute Gasteiger partial charge is 0.261 e. The molecule has 3 amide bonds. The minimum Gasteiger partial charge on any atom is -0.326 e. The molecule has 2 aliphatic heterocycles. The number of hydrogen-bond donors (Lipinski definition) is 1. The molecule has 0 unspecified atom stereocenters. The summed E-state index contributed by atoms with van der Waals surface area (Å²) >= 11 is 0. The second kappa shape index (κ2) is 8.81. The molecule has 1 N–H and O–H groups in total. The summed E-state index contributed by atoms with van der Waals surface area (Å²) in [6.07, 6.45) is -0.0963. The van der Waals surface area contributed by atoms with Gasteiger partial charge in [-0.15, -0.1) is 0 Å². The van der Waals surface area contributed by atoms with E-state index in [4.69, 9.17) is 0 Å². The molecular weight excluding hydrogens is 432 g/mol. The quantitative estimate of drug-likeness (QED) is 0.656. The fourth-order valence-electron chi connectivity index (χ4n) is 3.79. The van der Waals surface area contributed by atoms with E-state index in [9.17, 15) is 22.8 Å². The van der Waals surface area contributed by atoms with Crippen molar-refractivity contribution in [1.82, 2.24) is 14.1 Å². The van der Waals surface area contributed by atoms with Gasteiger partial charge in [0.25, 0.3) is 11.8 Å². The molecule has 0 radical (unpaired) electrons. The lowest BCUT2D eigenvalue weighted by molar-refractivity contribution is -0.116. The van der Waals surface area contributed by atoms with Gasteiger partial charge in [-0.25, -0.2) is 8.42 Å². The van der Waals surface area contributed by atoms with Crippen LogP contribution in [0.15, 0.2) is 53.4 Å². The van der Waals surface area contributed by atoms with Crippen molar-refractivity contribution in [2.24, 2.45) is 0 Å². The molecule has 2 heterocycles. The molecule has 0 saturated carbocycles. The molecule has 2 aliphatic rings. The number of rotatable bonds is 6. The highest BCUT2D eigenvalue weighted by molar-refractivity contribution is 7.89. The second-order valence-electron chi connectivity index (χ2n) is 7.84. The van der Waals surface area contributed by atoms with E-state index in [1.807, 2.05) is 7.05 Å². The van der Waals surface area contributed by atoms with Gasteiger partial charge in [0.15, 0.2) is 0 Å². The summed E-state index contributed by atoms with van der Waals surface area (Å²) in [4.78, 5) is 40.5. The van der Waals surface area contributed by atoms with Gasteiger partial charge in [-0.2, -0.15) is 4.31 Å². The van der Waals surface area contributed by atoms with E-state index >= 15 is 0 Å². The summed E-state index contributed by atoms with van der Waals surface area (Å²) in [7, 11) is -1.71. The average molecular weight is 457 g/mol. The highest BCUT2D eigenvalue weighted by Gasteiger charge is 2.35. The lowest BCUT2D eigenvalue weighted by atomic mass is 10.1. The Bertz CT molecular complexity index is 1140. The van der Waals surface area contributed by atoms with Crippen molar-refractivity contribution in [3.8, 4) is 0 Å². The number of fused-ring (bicyclic) bond motifs is 1. The second-order valence-corrected chi connectivity index (χ2v) is 9.78. The van der Waals surface area contributed by atoms with Crippen LogP contribution in [0.3, 0.4) is 0 Å². The first kappa shape index (κ1) is 22.1. The van der Waals surface area contributed by atoms with Crippen LogP contribution in [0.1, 0.15) is 27.1 Å². The van der Waals surface area contributed by atoms with Crippen LogP contribution in [-0.4, -0.2) is 80.0 Å². The zero-order valence-corrected chi connectivity index (χ0v) is 18.5. The van der Waals surface area contributed by atoms with Crippen molar-refractivity contribution in [2.45, 2.75) is 11.3 Å². The number of imide groups is 1. The van der Waals surface area contributed by atoms with Gasteiger partial charge in [0.05, 0.1) is 16.0 Å². The summed E-state index contributed by atoms with van der Waals surface area (Å²) in [5.41, 5.74) is 1.01. The van der Waals surface area contributed by atoms with Crippen LogP contribution in [0.2, 0.25) is 0 Å². The first-order valence-corrected chi connectivity index (χ1v) is 11.8. The van der Waals surface area contributed by atoms with Gasteiger partial charge in [0.1, 0.15) is 0 Å². The molecule has 0 aliphatic carbocycles. The molecule has 9 nitrogen and oxygen atoms in total. The molecule has 1 fully saturated rings. The zero-order valence-electron chi connectivity index (χ0n) is 17.7. The Hall–Kier alpha value is -3.08. The molecule has 0 bridgehead atoms. The van der Waals surface area contributed by atoms with E-state index in [0.717, 1.165) is 4.90 Å². The fourth-order valence-corrected chi connectivity index (χ4v) is 5.26. The lowest BCUT2D eigenvalue weighted by Gasteiger charge is -2.31. The van der Waals surface area contributed by atoms with Crippen LogP contribution in [-0.2, 0) is 14.8 Å². The SMILES string of the molecule is CN1CCN(S(=O)(=O)c2cccc(NC(=O)CCN3C(=O)c4ccccc4C3=O)c2)CC1. The number of benzene rings is 2. The predicted octanol–water partition coefficient (Wildman–Crippen LogP) is 1.25. The zero-order chi connectivity index (χ0) is 22.9. The third-order valence-corrected chi connectivity index (χ3v) is 7.55. The molecule has 32 heavy (non-hydrogen) atoms. The largest absolute Gasteiger partial charge is 0.326 e. The van der Waals surface area contributed by atoms with Gasteiger partial charge < -0.3 is 10.2 Å². The molecule has 1 saturated heterocycles. The maximum absolute atomic E-state index is 12.9. The van der Waals surface area contributed by atoms with Gasteiger partial charge in [-0.05, 0) is 37.4 Å². The number of sulfonamides is 1. The van der Waals surface area contributed by atoms with Crippen molar-refractivity contribution in [3.63, 3.8) is 0 Å². The van der Waals surface area contributed by atoms with Crippen LogP contribution in [0.25, 0.3) is 0 Å². The van der Waals surface area contributed by atoms with Crippen molar-refractivity contribution >= 4 is 33.4 Å². The molecule has 168 valence electrons. The van der Waals surface area contributed by atoms with E-state index < -0.39 is 27.7 Å². The number of carbonyl (C=O) groups excluding carboxylic acids is 3. The molecule has 0 aromatic heterocycles. The van der Waals surface area contributed by atoms with Gasteiger partial charge in [0, 0.05) is 44.8 Å². The van der Waals surface area contributed by atoms with E-state index in [-0.39, 0.29) is 17.9 Å². The number of amides is 3. The number of nitrogens with one attached hydrogen (secondary N) is 1. The number of nitrogens with zero attached hydrogens (tertiary/aromatic N) is 3. The molecule has 2 aromatic rings. The summed E-state index contributed by atoms with van der Waals surface area (Å²) in [5, 5.41) is 2.66. The van der Waals surface area contributed by atoms with Gasteiger partial charge >= 0.3 is 0 Å². The molecule has 10 heteroatoms. The Kier molecular flexibility index (Phi) is 6.09. The van der Waals surface area contributed by atoms with E-state index in [0.29, 0.717) is 43.0 Å². The van der Waals surface area contributed by atoms with E-state index in [1.165, 1.54) is 16.4 Å². The Labute approximate surface area is 186 Å². The molecule has 2 aromatic carbocycles. The maximum Gasteiger partial charge on any atom is 0.261 e. The summed E-state index contributed by atoms with van der Waals surface area (Å²) in [5.74, 6) is -1.26. The average Bonchev–Trinajstić information content (AvgIpc) is 3.03. The van der Waals surface area contributed by atoms with Crippen LogP contribution < -0.4 is 5.32 Å². The topological polar surface area (TPSA) is 107 Å². The van der Waals surface area contributed by atoms with Crippen LogP contribution in [0.5, 0.6) is 0 Å². The first-order valence-electron chi connectivity index (χ1n) is 10.3. The summed E-state index contributed by atoms with van der Waals surface area (Å²) < 4.78 is 27.3. The molecular formula is C22H24N4O5S. The van der Waals surface area contributed by atoms with Gasteiger partial charge in [-0.1, -0.05) is 18.2 Å². The predicted molar refractivity (Wildman–Crippen MR) is 118 cm³/mol.